The molecule has 2 aromatic carbocycles. The molecular weight excluding hydrogens is 392 g/mol. The smallest absolute Gasteiger partial charge is 0.295 e. The summed E-state index contributed by atoms with van der Waals surface area (Å²) in [6, 6.07) is 15.7. The number of hydrogen-bond acceptors (Lipinski definition) is 4. The summed E-state index contributed by atoms with van der Waals surface area (Å²) in [5.74, 6) is -0.822. The molecule has 0 bridgehead atoms. The van der Waals surface area contributed by atoms with Crippen molar-refractivity contribution in [2.75, 3.05) is 33.3 Å². The molecular formula is C25H31N2O4+. The Morgan fingerprint density at radius 1 is 1.06 bits per heavy atom. The number of likely N-dealkylation sites (tertiary alicyclic amines) is 1. The maximum atomic E-state index is 13.0. The number of aliphatic hydroxyl groups excluding tert-OH is 1. The van der Waals surface area contributed by atoms with Crippen molar-refractivity contribution in [2.24, 2.45) is 0 Å². The fraction of sp³-hybridized carbons (Fsp3) is 0.360. The highest BCUT2D eigenvalue weighted by Gasteiger charge is 2.45. The second-order valence-corrected chi connectivity index (χ2v) is 7.70. The van der Waals surface area contributed by atoms with Gasteiger partial charge in [-0.05, 0) is 31.5 Å². The van der Waals surface area contributed by atoms with Crippen molar-refractivity contribution in [3.8, 4) is 5.75 Å². The highest BCUT2D eigenvalue weighted by atomic mass is 16.5. The first-order valence-electron chi connectivity index (χ1n) is 10.8. The lowest BCUT2D eigenvalue weighted by Gasteiger charge is -2.26. The predicted molar refractivity (Wildman–Crippen MR) is 120 cm³/mol. The molecule has 1 aliphatic heterocycles. The van der Waals surface area contributed by atoms with E-state index in [9.17, 15) is 14.7 Å². The average molecular weight is 424 g/mol. The molecule has 1 amide bonds. The van der Waals surface area contributed by atoms with Crippen LogP contribution in [0.4, 0.5) is 0 Å². The largest absolute Gasteiger partial charge is 0.507 e. The third-order valence-corrected chi connectivity index (χ3v) is 5.93. The third-order valence-electron chi connectivity index (χ3n) is 5.93. The van der Waals surface area contributed by atoms with E-state index in [-0.39, 0.29) is 11.3 Å². The monoisotopic (exact) mass is 423 g/mol. The Bertz CT molecular complexity index is 951. The SMILES string of the molecule is CC[NH+](CC)CCCN1C(=O)C(=O)C(=C(O)c2cccc(OC)c2)[C@@H]1c1ccccc1. The second-order valence-electron chi connectivity index (χ2n) is 7.70. The molecule has 0 aliphatic carbocycles. The van der Waals surface area contributed by atoms with Crippen LogP contribution in [0, 0.1) is 0 Å². The minimum Gasteiger partial charge on any atom is -0.507 e. The number of nitrogens with zero attached hydrogens (tertiary/aromatic N) is 1. The van der Waals surface area contributed by atoms with Crippen LogP contribution in [0.5, 0.6) is 5.75 Å². The Labute approximate surface area is 183 Å². The number of carbonyl (C=O) groups is 2. The highest BCUT2D eigenvalue weighted by Crippen LogP contribution is 2.39. The molecule has 1 aliphatic rings. The van der Waals surface area contributed by atoms with Gasteiger partial charge in [-0.3, -0.25) is 9.59 Å². The van der Waals surface area contributed by atoms with Crippen molar-refractivity contribution in [1.82, 2.24) is 4.90 Å². The zero-order valence-corrected chi connectivity index (χ0v) is 18.4. The predicted octanol–water partition coefficient (Wildman–Crippen LogP) is 2.43. The number of aliphatic hydroxyl groups is 1. The molecule has 164 valence electrons. The molecule has 0 unspecified atom stereocenters. The van der Waals surface area contributed by atoms with Gasteiger partial charge in [0.25, 0.3) is 11.7 Å². The Balaban J connectivity index is 2.01. The first-order chi connectivity index (χ1) is 15.0. The maximum Gasteiger partial charge on any atom is 0.295 e. The van der Waals surface area contributed by atoms with Crippen molar-refractivity contribution >= 4 is 17.4 Å². The molecule has 2 aromatic rings. The molecule has 1 fully saturated rings. The van der Waals surface area contributed by atoms with Gasteiger partial charge in [-0.1, -0.05) is 42.5 Å². The van der Waals surface area contributed by atoms with Gasteiger partial charge in [0, 0.05) is 18.5 Å². The summed E-state index contributed by atoms with van der Waals surface area (Å²) < 4.78 is 5.25. The van der Waals surface area contributed by atoms with E-state index in [2.05, 4.69) is 13.8 Å². The molecule has 1 saturated heterocycles. The zero-order valence-electron chi connectivity index (χ0n) is 18.4. The third kappa shape index (κ3) is 4.80. The Kier molecular flexibility index (Phi) is 7.47. The van der Waals surface area contributed by atoms with Crippen LogP contribution < -0.4 is 9.64 Å². The quantitative estimate of drug-likeness (QED) is 0.369. The number of ketones is 1. The lowest BCUT2D eigenvalue weighted by Crippen LogP contribution is -3.11. The minimum absolute atomic E-state index is 0.125. The molecule has 6 heteroatoms. The van der Waals surface area contributed by atoms with E-state index in [1.807, 2.05) is 30.3 Å². The van der Waals surface area contributed by atoms with Gasteiger partial charge in [-0.25, -0.2) is 0 Å². The zero-order chi connectivity index (χ0) is 22.4. The normalized spacial score (nSPS) is 18.1. The van der Waals surface area contributed by atoms with Gasteiger partial charge < -0.3 is 19.6 Å². The number of methoxy groups -OCH3 is 1. The van der Waals surface area contributed by atoms with Crippen LogP contribution in [0.2, 0.25) is 0 Å². The number of nitrogens with one attached hydrogen (secondary N) is 1. The number of hydrogen-bond donors (Lipinski definition) is 2. The van der Waals surface area contributed by atoms with Gasteiger partial charge in [-0.15, -0.1) is 0 Å². The Morgan fingerprint density at radius 2 is 1.77 bits per heavy atom. The number of quaternary nitrogens is 1. The number of ether oxygens (including phenoxy) is 1. The molecule has 1 heterocycles. The van der Waals surface area contributed by atoms with Crippen molar-refractivity contribution in [3.05, 3.63) is 71.3 Å². The van der Waals surface area contributed by atoms with Crippen molar-refractivity contribution in [1.29, 1.82) is 0 Å². The average Bonchev–Trinajstić information content (AvgIpc) is 3.07. The maximum absolute atomic E-state index is 13.0. The molecule has 1 atom stereocenters. The van der Waals surface area contributed by atoms with E-state index in [4.69, 9.17) is 4.74 Å². The summed E-state index contributed by atoms with van der Waals surface area (Å²) in [6.07, 6.45) is 0.784. The fourth-order valence-electron chi connectivity index (χ4n) is 4.12. The first-order valence-corrected chi connectivity index (χ1v) is 10.8. The molecule has 0 spiro atoms. The standard InChI is InChI=1S/C25H30N2O4/c1-4-26(5-2)15-10-16-27-22(18-11-7-6-8-12-18)21(24(29)25(27)30)23(28)19-13-9-14-20(17-19)31-3/h6-9,11-14,17,22,28H,4-5,10,15-16H2,1-3H3/p+1/t22-/m0/s1. The second kappa shape index (κ2) is 10.3. The van der Waals surface area contributed by atoms with Crippen LogP contribution in [0.1, 0.15) is 37.4 Å². The van der Waals surface area contributed by atoms with Crippen molar-refractivity contribution in [3.63, 3.8) is 0 Å². The summed E-state index contributed by atoms with van der Waals surface area (Å²) in [7, 11) is 1.54. The fourth-order valence-corrected chi connectivity index (χ4v) is 4.12. The number of benzene rings is 2. The van der Waals surface area contributed by atoms with Crippen LogP contribution in [0.3, 0.4) is 0 Å². The van der Waals surface area contributed by atoms with Crippen molar-refractivity contribution < 1.29 is 24.3 Å². The van der Waals surface area contributed by atoms with Gasteiger partial charge in [0.1, 0.15) is 11.5 Å². The number of rotatable bonds is 9. The summed E-state index contributed by atoms with van der Waals surface area (Å²) >= 11 is 0. The van der Waals surface area contributed by atoms with Crippen LogP contribution in [-0.2, 0) is 9.59 Å². The van der Waals surface area contributed by atoms with Crippen LogP contribution in [0.15, 0.2) is 60.2 Å². The van der Waals surface area contributed by atoms with E-state index in [0.29, 0.717) is 17.9 Å². The van der Waals surface area contributed by atoms with E-state index in [0.717, 1.165) is 31.6 Å². The topological polar surface area (TPSA) is 71.3 Å². The molecule has 0 saturated carbocycles. The molecule has 31 heavy (non-hydrogen) atoms. The molecule has 0 aromatic heterocycles. The van der Waals surface area contributed by atoms with E-state index in [1.165, 1.54) is 4.90 Å². The van der Waals surface area contributed by atoms with Crippen LogP contribution in [0.25, 0.3) is 5.76 Å². The van der Waals surface area contributed by atoms with E-state index < -0.39 is 17.7 Å². The lowest BCUT2D eigenvalue weighted by atomic mass is 9.95. The van der Waals surface area contributed by atoms with Crippen LogP contribution in [-0.4, -0.2) is 55.0 Å². The van der Waals surface area contributed by atoms with Gasteiger partial charge >= 0.3 is 0 Å². The molecule has 0 radical (unpaired) electrons. The first kappa shape index (κ1) is 22.6. The summed E-state index contributed by atoms with van der Waals surface area (Å²) in [5, 5.41) is 11.1. The Morgan fingerprint density at radius 3 is 2.42 bits per heavy atom. The van der Waals surface area contributed by atoms with Gasteiger partial charge in [-0.2, -0.15) is 0 Å². The summed E-state index contributed by atoms with van der Waals surface area (Å²) in [6.45, 7) is 7.71. The van der Waals surface area contributed by atoms with E-state index >= 15 is 0 Å². The number of carbonyl (C=O) groups excluding carboxylic acids is 2. The molecule has 3 rings (SSSR count). The van der Waals surface area contributed by atoms with Gasteiger partial charge in [0.2, 0.25) is 0 Å². The highest BCUT2D eigenvalue weighted by molar-refractivity contribution is 6.46. The Hall–Kier alpha value is -3.12. The van der Waals surface area contributed by atoms with Crippen molar-refractivity contribution in [2.45, 2.75) is 26.3 Å². The van der Waals surface area contributed by atoms with Crippen LogP contribution >= 0.6 is 0 Å². The lowest BCUT2D eigenvalue weighted by molar-refractivity contribution is -0.896. The van der Waals surface area contributed by atoms with Gasteiger partial charge in [0.15, 0.2) is 0 Å². The number of amides is 1. The summed E-state index contributed by atoms with van der Waals surface area (Å²) in [5.41, 5.74) is 1.38. The molecule has 6 nitrogen and oxygen atoms in total. The number of Topliss-reactive ketones (excluding diaryl/α,β-unsaturated/α-hetero) is 1. The van der Waals surface area contributed by atoms with E-state index in [1.54, 1.807) is 36.3 Å². The van der Waals surface area contributed by atoms with Gasteiger partial charge in [0.05, 0.1) is 38.4 Å². The molecule has 2 N–H and O–H groups in total. The summed E-state index contributed by atoms with van der Waals surface area (Å²) in [4.78, 5) is 29.1. The minimum atomic E-state index is -0.649.